The van der Waals surface area contributed by atoms with Crippen LogP contribution in [0.3, 0.4) is 0 Å². The predicted octanol–water partition coefficient (Wildman–Crippen LogP) is 6.25. The molecule has 9 heteroatoms. The first kappa shape index (κ1) is 23.2. The molecule has 2 amide bonds. The van der Waals surface area contributed by atoms with Crippen LogP contribution in [0, 0.1) is 5.82 Å². The van der Waals surface area contributed by atoms with E-state index < -0.39 is 0 Å². The molecule has 0 atom stereocenters. The number of hydrogen-bond acceptors (Lipinski definition) is 5. The largest absolute Gasteiger partial charge is 0.496 e. The number of amides is 2. The third-order valence-electron chi connectivity index (χ3n) is 4.74. The van der Waals surface area contributed by atoms with Crippen molar-refractivity contribution in [3.63, 3.8) is 0 Å². The van der Waals surface area contributed by atoms with Gasteiger partial charge in [0.2, 0.25) is 0 Å². The van der Waals surface area contributed by atoms with Crippen LogP contribution in [-0.4, -0.2) is 23.2 Å². The lowest BCUT2D eigenvalue weighted by Gasteiger charge is -2.15. The number of anilines is 2. The molecule has 0 saturated carbocycles. The van der Waals surface area contributed by atoms with Gasteiger partial charge in [0.05, 0.1) is 22.2 Å². The van der Waals surface area contributed by atoms with Crippen LogP contribution in [0.2, 0.25) is 0 Å². The molecule has 0 aromatic heterocycles. The van der Waals surface area contributed by atoms with Gasteiger partial charge in [0.15, 0.2) is 4.32 Å². The van der Waals surface area contributed by atoms with Crippen LogP contribution in [-0.2, 0) is 4.79 Å². The minimum Gasteiger partial charge on any atom is -0.496 e. The number of halogens is 2. The Kier molecular flexibility index (Phi) is 6.92. The minimum atomic E-state index is -0.389. The van der Waals surface area contributed by atoms with Gasteiger partial charge >= 0.3 is 0 Å². The normalized spacial score (nSPS) is 14.6. The second-order valence-corrected chi connectivity index (χ2v) is 9.45. The molecule has 0 radical (unpaired) electrons. The number of benzene rings is 3. The maximum atomic E-state index is 13.1. The third kappa shape index (κ3) is 5.16. The molecule has 1 fully saturated rings. The smallest absolute Gasteiger partial charge is 0.270 e. The van der Waals surface area contributed by atoms with Gasteiger partial charge in [-0.05, 0) is 82.2 Å². The first-order valence-electron chi connectivity index (χ1n) is 9.64. The van der Waals surface area contributed by atoms with E-state index in [1.165, 1.54) is 40.9 Å². The van der Waals surface area contributed by atoms with Crippen molar-refractivity contribution in [1.82, 2.24) is 0 Å². The third-order valence-corrected chi connectivity index (χ3v) is 6.66. The number of hydrogen-bond donors (Lipinski definition) is 1. The van der Waals surface area contributed by atoms with Gasteiger partial charge < -0.3 is 10.1 Å². The highest BCUT2D eigenvalue weighted by Gasteiger charge is 2.33. The molecule has 1 saturated heterocycles. The zero-order valence-electron chi connectivity index (χ0n) is 17.2. The summed E-state index contributed by atoms with van der Waals surface area (Å²) in [7, 11) is 1.58. The Morgan fingerprint density at radius 3 is 2.61 bits per heavy atom. The summed E-state index contributed by atoms with van der Waals surface area (Å²) >= 11 is 10.1. The quantitative estimate of drug-likeness (QED) is 0.304. The molecule has 4 rings (SSSR count). The van der Waals surface area contributed by atoms with Gasteiger partial charge in [-0.25, -0.2) is 4.39 Å². The second kappa shape index (κ2) is 9.86. The fraction of sp³-hybridized carbons (Fsp3) is 0.0417. The molecule has 0 unspecified atom stereocenters. The fourth-order valence-electron chi connectivity index (χ4n) is 3.14. The van der Waals surface area contributed by atoms with E-state index in [1.807, 2.05) is 12.1 Å². The lowest BCUT2D eigenvalue weighted by Crippen LogP contribution is -2.27. The van der Waals surface area contributed by atoms with Crippen molar-refractivity contribution in [2.75, 3.05) is 17.3 Å². The summed E-state index contributed by atoms with van der Waals surface area (Å²) in [6, 6.07) is 17.6. The highest BCUT2D eigenvalue weighted by Crippen LogP contribution is 2.37. The van der Waals surface area contributed by atoms with E-state index in [0.717, 1.165) is 10.0 Å². The van der Waals surface area contributed by atoms with E-state index in [-0.39, 0.29) is 17.6 Å². The van der Waals surface area contributed by atoms with Gasteiger partial charge in [-0.2, -0.15) is 0 Å². The maximum Gasteiger partial charge on any atom is 0.270 e. The summed E-state index contributed by atoms with van der Waals surface area (Å²) in [4.78, 5) is 27.6. The Morgan fingerprint density at radius 2 is 1.91 bits per heavy atom. The van der Waals surface area contributed by atoms with E-state index in [1.54, 1.807) is 43.5 Å². The van der Waals surface area contributed by atoms with Gasteiger partial charge in [-0.1, -0.05) is 36.1 Å². The van der Waals surface area contributed by atoms with Crippen molar-refractivity contribution in [3.8, 4) is 5.75 Å². The molecule has 33 heavy (non-hydrogen) atoms. The van der Waals surface area contributed by atoms with Gasteiger partial charge in [0.25, 0.3) is 11.8 Å². The van der Waals surface area contributed by atoms with Gasteiger partial charge in [0.1, 0.15) is 11.6 Å². The molecule has 0 spiro atoms. The number of nitrogens with one attached hydrogen (secondary N) is 1. The number of rotatable bonds is 5. The van der Waals surface area contributed by atoms with Crippen molar-refractivity contribution in [1.29, 1.82) is 0 Å². The Balaban J connectivity index is 1.56. The SMILES string of the molecule is COc1ccc(/C=C2/SC(=S)N(c3cccc(C(=O)Nc4ccc(F)cc4)c3)C2=O)cc1Br. The Labute approximate surface area is 207 Å². The standard InChI is InChI=1S/C24H16BrFN2O3S2/c1-31-20-10-5-14(11-19(20)25)12-21-23(30)28(24(32)33-21)18-4-2-3-15(13-18)22(29)27-17-8-6-16(26)7-9-17/h2-13H,1H3,(H,27,29)/b21-12+. The zero-order valence-corrected chi connectivity index (χ0v) is 20.4. The van der Waals surface area contributed by atoms with Gasteiger partial charge in [0, 0.05) is 11.3 Å². The Bertz CT molecular complexity index is 1300. The van der Waals surface area contributed by atoms with Crippen molar-refractivity contribution in [2.45, 2.75) is 0 Å². The molecular weight excluding hydrogens is 527 g/mol. The van der Waals surface area contributed by atoms with Crippen LogP contribution in [0.1, 0.15) is 15.9 Å². The van der Waals surface area contributed by atoms with Crippen LogP contribution < -0.4 is 15.0 Å². The van der Waals surface area contributed by atoms with E-state index in [2.05, 4.69) is 21.2 Å². The van der Waals surface area contributed by atoms with Gasteiger partial charge in [-0.3, -0.25) is 14.5 Å². The summed E-state index contributed by atoms with van der Waals surface area (Å²) in [5, 5.41) is 2.71. The molecular formula is C24H16BrFN2O3S2. The predicted molar refractivity (Wildman–Crippen MR) is 137 cm³/mol. The maximum absolute atomic E-state index is 13.1. The van der Waals surface area contributed by atoms with E-state index in [9.17, 15) is 14.0 Å². The number of carbonyl (C=O) groups is 2. The fourth-order valence-corrected chi connectivity index (χ4v) is 4.99. The van der Waals surface area contributed by atoms with Crippen molar-refractivity contribution < 1.29 is 18.7 Å². The summed E-state index contributed by atoms with van der Waals surface area (Å²) in [5.41, 5.74) is 2.11. The van der Waals surface area contributed by atoms with E-state index in [4.69, 9.17) is 17.0 Å². The number of carbonyl (C=O) groups excluding carboxylic acids is 2. The van der Waals surface area contributed by atoms with Crippen LogP contribution in [0.25, 0.3) is 6.08 Å². The summed E-state index contributed by atoms with van der Waals surface area (Å²) in [6.45, 7) is 0. The topological polar surface area (TPSA) is 58.6 Å². The molecule has 1 aliphatic heterocycles. The van der Waals surface area contributed by atoms with E-state index in [0.29, 0.717) is 31.9 Å². The Morgan fingerprint density at radius 1 is 1.15 bits per heavy atom. The van der Waals surface area contributed by atoms with Crippen molar-refractivity contribution in [3.05, 3.63) is 93.1 Å². The molecule has 166 valence electrons. The van der Waals surface area contributed by atoms with Crippen molar-refractivity contribution >= 4 is 73.5 Å². The summed E-state index contributed by atoms with van der Waals surface area (Å²) in [5.74, 6) is -0.351. The van der Waals surface area contributed by atoms with Crippen LogP contribution >= 0.6 is 39.9 Å². The number of thiocarbonyl (C=S) groups is 1. The zero-order chi connectivity index (χ0) is 23.5. The number of thioether (sulfide) groups is 1. The number of methoxy groups -OCH3 is 1. The number of ether oxygens (including phenoxy) is 1. The van der Waals surface area contributed by atoms with E-state index >= 15 is 0 Å². The van der Waals surface area contributed by atoms with Gasteiger partial charge in [-0.15, -0.1) is 0 Å². The molecule has 0 aliphatic carbocycles. The van der Waals surface area contributed by atoms with Crippen molar-refractivity contribution in [2.24, 2.45) is 0 Å². The molecule has 1 heterocycles. The van der Waals surface area contributed by atoms with Crippen LogP contribution in [0.4, 0.5) is 15.8 Å². The lowest BCUT2D eigenvalue weighted by molar-refractivity contribution is -0.113. The Hall–Kier alpha value is -3.01. The second-order valence-electron chi connectivity index (χ2n) is 6.92. The molecule has 1 N–H and O–H groups in total. The molecule has 3 aromatic carbocycles. The minimum absolute atomic E-state index is 0.270. The lowest BCUT2D eigenvalue weighted by atomic mass is 10.1. The molecule has 3 aromatic rings. The molecule has 5 nitrogen and oxygen atoms in total. The highest BCUT2D eigenvalue weighted by molar-refractivity contribution is 9.10. The monoisotopic (exact) mass is 542 g/mol. The highest BCUT2D eigenvalue weighted by atomic mass is 79.9. The molecule has 1 aliphatic rings. The van der Waals surface area contributed by atoms with Crippen LogP contribution in [0.15, 0.2) is 76.1 Å². The summed E-state index contributed by atoms with van der Waals surface area (Å²) in [6.07, 6.45) is 1.76. The first-order valence-corrected chi connectivity index (χ1v) is 11.7. The first-order chi connectivity index (χ1) is 15.9. The number of nitrogens with zero attached hydrogens (tertiary/aromatic N) is 1. The summed E-state index contributed by atoms with van der Waals surface area (Å²) < 4.78 is 19.5. The average molecular weight is 543 g/mol. The van der Waals surface area contributed by atoms with Crippen LogP contribution in [0.5, 0.6) is 5.75 Å². The average Bonchev–Trinajstić information content (AvgIpc) is 3.08. The molecule has 0 bridgehead atoms.